The lowest BCUT2D eigenvalue weighted by Crippen LogP contribution is -2.55. The van der Waals surface area contributed by atoms with Gasteiger partial charge in [0.15, 0.2) is 0 Å². The van der Waals surface area contributed by atoms with Crippen molar-refractivity contribution in [3.63, 3.8) is 0 Å². The maximum absolute atomic E-state index is 15.0. The molecule has 0 aromatic heterocycles. The first-order valence-corrected chi connectivity index (χ1v) is 13.6. The van der Waals surface area contributed by atoms with Crippen LogP contribution in [0.1, 0.15) is 30.9 Å². The van der Waals surface area contributed by atoms with E-state index in [-0.39, 0.29) is 17.1 Å². The zero-order valence-electron chi connectivity index (χ0n) is 21.9. The molecule has 194 valence electrons. The number of benzene rings is 3. The average Bonchev–Trinajstić information content (AvgIpc) is 3.28. The van der Waals surface area contributed by atoms with Crippen molar-refractivity contribution in [1.82, 2.24) is 9.80 Å². The molecule has 2 fully saturated rings. The van der Waals surface area contributed by atoms with E-state index in [1.165, 1.54) is 17.2 Å². The highest BCUT2D eigenvalue weighted by Gasteiger charge is 2.51. The van der Waals surface area contributed by atoms with Crippen molar-refractivity contribution in [3.8, 4) is 0 Å². The summed E-state index contributed by atoms with van der Waals surface area (Å²) in [5.74, 6) is 0.136. The van der Waals surface area contributed by atoms with Crippen molar-refractivity contribution in [1.29, 1.82) is 0 Å². The van der Waals surface area contributed by atoms with E-state index in [2.05, 4.69) is 70.5 Å². The zero-order valence-corrected chi connectivity index (χ0v) is 21.9. The molecule has 0 spiro atoms. The van der Waals surface area contributed by atoms with Crippen LogP contribution in [0.4, 0.5) is 10.1 Å². The number of fused-ring (bicyclic) bond motifs is 1. The smallest absolute Gasteiger partial charge is 0.226 e. The summed E-state index contributed by atoms with van der Waals surface area (Å²) in [7, 11) is 0. The summed E-state index contributed by atoms with van der Waals surface area (Å²) in [6, 6.07) is 28.0. The van der Waals surface area contributed by atoms with Gasteiger partial charge in [0.05, 0.1) is 5.69 Å². The Hall–Kier alpha value is -3.02. The molecule has 0 radical (unpaired) electrons. The summed E-state index contributed by atoms with van der Waals surface area (Å²) < 4.78 is 15.0. The number of hydrogen-bond acceptors (Lipinski definition) is 3. The fourth-order valence-electron chi connectivity index (χ4n) is 6.38. The zero-order chi connectivity index (χ0) is 25.7. The second-order valence-corrected chi connectivity index (χ2v) is 10.8. The van der Waals surface area contributed by atoms with Crippen LogP contribution in [0.15, 0.2) is 84.9 Å². The Morgan fingerprint density at radius 1 is 0.919 bits per heavy atom. The van der Waals surface area contributed by atoms with Gasteiger partial charge in [-0.15, -0.1) is 0 Å². The first-order valence-electron chi connectivity index (χ1n) is 13.6. The minimum atomic E-state index is -0.326. The molecule has 5 heteroatoms. The van der Waals surface area contributed by atoms with Crippen molar-refractivity contribution < 1.29 is 9.18 Å². The number of halogens is 1. The molecule has 4 nitrogen and oxygen atoms in total. The fraction of sp³-hybridized carbons (Fsp3) is 0.406. The Balaban J connectivity index is 1.41. The second kappa shape index (κ2) is 11.6. The van der Waals surface area contributed by atoms with Crippen molar-refractivity contribution in [3.05, 3.63) is 102 Å². The van der Waals surface area contributed by atoms with Crippen LogP contribution in [0.5, 0.6) is 0 Å². The van der Waals surface area contributed by atoms with E-state index >= 15 is 0 Å². The first-order chi connectivity index (χ1) is 18.1. The molecule has 2 unspecified atom stereocenters. The topological polar surface area (TPSA) is 26.8 Å². The number of carbonyl (C=O) groups excluding carboxylic acids is 1. The van der Waals surface area contributed by atoms with Crippen LogP contribution in [0, 0.1) is 17.2 Å². The van der Waals surface area contributed by atoms with Crippen molar-refractivity contribution >= 4 is 11.6 Å². The Kier molecular flexibility index (Phi) is 8.02. The molecule has 1 amide bonds. The summed E-state index contributed by atoms with van der Waals surface area (Å²) in [5.41, 5.74) is 2.97. The maximum Gasteiger partial charge on any atom is 0.226 e. The minimum absolute atomic E-state index is 0.0128. The molecule has 3 aromatic carbocycles. The normalized spacial score (nSPS) is 22.1. The van der Waals surface area contributed by atoms with Gasteiger partial charge in [-0.2, -0.15) is 0 Å². The lowest BCUT2D eigenvalue weighted by molar-refractivity contribution is -0.119. The second-order valence-electron chi connectivity index (χ2n) is 10.8. The molecule has 0 N–H and O–H groups in total. The van der Waals surface area contributed by atoms with Crippen LogP contribution in [0.3, 0.4) is 0 Å². The van der Waals surface area contributed by atoms with Crippen LogP contribution in [0.25, 0.3) is 0 Å². The van der Waals surface area contributed by atoms with E-state index in [4.69, 9.17) is 0 Å². The lowest BCUT2D eigenvalue weighted by atomic mass is 9.72. The highest BCUT2D eigenvalue weighted by molar-refractivity contribution is 5.93. The number of amides is 1. The van der Waals surface area contributed by atoms with Crippen molar-refractivity contribution in [2.75, 3.05) is 44.2 Å². The number of rotatable bonds is 9. The summed E-state index contributed by atoms with van der Waals surface area (Å²) in [6.45, 7) is 8.26. The number of likely N-dealkylation sites (tertiary alicyclic amines) is 2. The molecule has 0 bridgehead atoms. The van der Waals surface area contributed by atoms with E-state index in [0.717, 1.165) is 52.1 Å². The third-order valence-electron chi connectivity index (χ3n) is 8.24. The largest absolute Gasteiger partial charge is 0.309 e. The van der Waals surface area contributed by atoms with Gasteiger partial charge in [0.1, 0.15) is 5.82 Å². The molecule has 3 aromatic rings. The Labute approximate surface area is 220 Å². The predicted molar refractivity (Wildman–Crippen MR) is 148 cm³/mol. The molecule has 2 aliphatic rings. The highest BCUT2D eigenvalue weighted by atomic mass is 19.1. The van der Waals surface area contributed by atoms with Gasteiger partial charge in [0.2, 0.25) is 5.91 Å². The van der Waals surface area contributed by atoms with E-state index in [0.29, 0.717) is 24.6 Å². The van der Waals surface area contributed by atoms with Crippen LogP contribution < -0.4 is 4.90 Å². The summed E-state index contributed by atoms with van der Waals surface area (Å²) in [5, 5.41) is 0. The van der Waals surface area contributed by atoms with Crippen LogP contribution in [-0.4, -0.2) is 55.0 Å². The van der Waals surface area contributed by atoms with Gasteiger partial charge in [-0.3, -0.25) is 9.69 Å². The lowest BCUT2D eigenvalue weighted by Gasteiger charge is -2.46. The van der Waals surface area contributed by atoms with Gasteiger partial charge in [0, 0.05) is 51.1 Å². The number of anilines is 1. The van der Waals surface area contributed by atoms with E-state index in [9.17, 15) is 9.18 Å². The van der Waals surface area contributed by atoms with Gasteiger partial charge in [-0.1, -0.05) is 79.7 Å². The summed E-state index contributed by atoms with van der Waals surface area (Å²) >= 11 is 0. The third kappa shape index (κ3) is 5.94. The quantitative estimate of drug-likeness (QED) is 0.382. The van der Waals surface area contributed by atoms with Crippen LogP contribution in [-0.2, 0) is 17.8 Å². The molecule has 0 aliphatic carbocycles. The number of nitrogens with zero attached hydrogens (tertiary/aromatic N) is 3. The maximum atomic E-state index is 15.0. The average molecular weight is 500 g/mol. The number of para-hydroxylation sites is 1. The molecular formula is C32H38FN3O. The standard InChI is InChI=1S/C32H38FN3O/c1-2-31(37)36(30-16-10-9-15-29(30)33)25-32-23-34(19-17-26-11-5-3-6-12-26)20-18-28(32)22-35(24-32)21-27-13-7-4-8-14-27/h3-16,28H,2,17-25H2,1H3. The highest BCUT2D eigenvalue weighted by Crippen LogP contribution is 2.44. The van der Waals surface area contributed by atoms with E-state index in [1.54, 1.807) is 17.0 Å². The predicted octanol–water partition coefficient (Wildman–Crippen LogP) is 5.64. The van der Waals surface area contributed by atoms with Gasteiger partial charge < -0.3 is 9.80 Å². The monoisotopic (exact) mass is 499 g/mol. The van der Waals surface area contributed by atoms with Crippen LogP contribution >= 0.6 is 0 Å². The fourth-order valence-corrected chi connectivity index (χ4v) is 6.38. The number of carbonyl (C=O) groups is 1. The Morgan fingerprint density at radius 2 is 1.57 bits per heavy atom. The molecular weight excluding hydrogens is 461 g/mol. The van der Waals surface area contributed by atoms with Gasteiger partial charge >= 0.3 is 0 Å². The van der Waals surface area contributed by atoms with E-state index in [1.807, 2.05) is 13.0 Å². The third-order valence-corrected chi connectivity index (χ3v) is 8.24. The number of piperidine rings is 1. The Morgan fingerprint density at radius 3 is 2.27 bits per heavy atom. The van der Waals surface area contributed by atoms with Crippen LogP contribution in [0.2, 0.25) is 0 Å². The summed E-state index contributed by atoms with van der Waals surface area (Å²) in [6.07, 6.45) is 2.48. The van der Waals surface area contributed by atoms with Gasteiger partial charge in [0.25, 0.3) is 0 Å². The van der Waals surface area contributed by atoms with Gasteiger partial charge in [-0.05, 0) is 48.6 Å². The molecule has 2 heterocycles. The SMILES string of the molecule is CCC(=O)N(CC12CN(CCc3ccccc3)CCC1CN(Cc1ccccc1)C2)c1ccccc1F. The first kappa shape index (κ1) is 25.6. The molecule has 0 saturated carbocycles. The summed E-state index contributed by atoms with van der Waals surface area (Å²) in [4.78, 5) is 20.1. The molecule has 2 atom stereocenters. The van der Waals surface area contributed by atoms with Crippen molar-refractivity contribution in [2.24, 2.45) is 11.3 Å². The van der Waals surface area contributed by atoms with Gasteiger partial charge in [-0.25, -0.2) is 4.39 Å². The van der Waals surface area contributed by atoms with Crippen molar-refractivity contribution in [2.45, 2.75) is 32.7 Å². The number of hydrogen-bond donors (Lipinski definition) is 0. The molecule has 37 heavy (non-hydrogen) atoms. The minimum Gasteiger partial charge on any atom is -0.309 e. The molecule has 5 rings (SSSR count). The molecule has 2 saturated heterocycles. The Bertz CT molecular complexity index is 1170. The van der Waals surface area contributed by atoms with E-state index < -0.39 is 0 Å². The molecule has 2 aliphatic heterocycles.